The van der Waals surface area contributed by atoms with Crippen molar-refractivity contribution in [2.45, 2.75) is 31.3 Å². The second-order valence-electron chi connectivity index (χ2n) is 7.45. The van der Waals surface area contributed by atoms with Crippen LogP contribution in [0.3, 0.4) is 0 Å². The first-order valence-corrected chi connectivity index (χ1v) is 9.95. The smallest absolute Gasteiger partial charge is 0.322 e. The van der Waals surface area contributed by atoms with Crippen LogP contribution in [0.25, 0.3) is 0 Å². The molecule has 0 radical (unpaired) electrons. The van der Waals surface area contributed by atoms with Gasteiger partial charge in [0.1, 0.15) is 5.54 Å². The number of amides is 3. The summed E-state index contributed by atoms with van der Waals surface area (Å²) in [6.07, 6.45) is 5.41. The molecular formula is C21H23ClN4O2. The van der Waals surface area contributed by atoms with E-state index in [-0.39, 0.29) is 24.4 Å². The third-order valence-corrected chi connectivity index (χ3v) is 6.10. The minimum Gasteiger partial charge on any atom is -0.322 e. The summed E-state index contributed by atoms with van der Waals surface area (Å²) in [5, 5.41) is 7.01. The number of halogens is 1. The average molecular weight is 399 g/mol. The van der Waals surface area contributed by atoms with E-state index in [9.17, 15) is 9.59 Å². The predicted molar refractivity (Wildman–Crippen MR) is 107 cm³/mol. The second-order valence-corrected chi connectivity index (χ2v) is 7.85. The summed E-state index contributed by atoms with van der Waals surface area (Å²) < 4.78 is 0. The van der Waals surface area contributed by atoms with E-state index in [0.29, 0.717) is 11.4 Å². The van der Waals surface area contributed by atoms with Gasteiger partial charge in [0, 0.05) is 23.8 Å². The minimum atomic E-state index is -0.966. The van der Waals surface area contributed by atoms with Crippen molar-refractivity contribution in [1.82, 2.24) is 20.5 Å². The number of benzene rings is 1. The second kappa shape index (κ2) is 7.89. The Labute approximate surface area is 169 Å². The Balaban J connectivity index is 1.68. The molecule has 6 nitrogen and oxygen atoms in total. The third kappa shape index (κ3) is 3.50. The molecule has 2 aromatic rings. The number of imide groups is 1. The molecule has 2 aliphatic heterocycles. The van der Waals surface area contributed by atoms with E-state index in [4.69, 9.17) is 11.6 Å². The van der Waals surface area contributed by atoms with Crippen LogP contribution >= 0.6 is 11.6 Å². The van der Waals surface area contributed by atoms with Crippen molar-refractivity contribution in [2.75, 3.05) is 13.1 Å². The lowest BCUT2D eigenvalue weighted by atomic mass is 9.74. The number of aromatic nitrogens is 1. The highest BCUT2D eigenvalue weighted by Gasteiger charge is 2.55. The molecule has 2 saturated heterocycles. The van der Waals surface area contributed by atoms with Crippen LogP contribution in [0.4, 0.5) is 4.79 Å². The van der Waals surface area contributed by atoms with E-state index >= 15 is 0 Å². The SMILES string of the molecule is O=C1N[C@@](Cc2ccccc2Cl)(C2CCNCC2)C(=O)N1Cc1cccnc1. The first-order valence-electron chi connectivity index (χ1n) is 9.57. The summed E-state index contributed by atoms with van der Waals surface area (Å²) in [6, 6.07) is 10.8. The molecule has 1 atom stereocenters. The molecule has 7 heteroatoms. The van der Waals surface area contributed by atoms with Crippen LogP contribution in [-0.2, 0) is 17.8 Å². The lowest BCUT2D eigenvalue weighted by Gasteiger charge is -2.38. The van der Waals surface area contributed by atoms with Gasteiger partial charge in [0.2, 0.25) is 0 Å². The monoisotopic (exact) mass is 398 g/mol. The number of pyridine rings is 1. The number of rotatable bonds is 5. The molecule has 2 fully saturated rings. The summed E-state index contributed by atoms with van der Waals surface area (Å²) in [7, 11) is 0. The van der Waals surface area contributed by atoms with E-state index in [1.165, 1.54) is 4.90 Å². The molecule has 3 heterocycles. The van der Waals surface area contributed by atoms with Crippen LogP contribution in [0.1, 0.15) is 24.0 Å². The van der Waals surface area contributed by atoms with Gasteiger partial charge < -0.3 is 10.6 Å². The topological polar surface area (TPSA) is 74.3 Å². The van der Waals surface area contributed by atoms with Crippen molar-refractivity contribution in [1.29, 1.82) is 0 Å². The van der Waals surface area contributed by atoms with Crippen LogP contribution in [0.15, 0.2) is 48.8 Å². The Morgan fingerprint density at radius 3 is 2.64 bits per heavy atom. The third-order valence-electron chi connectivity index (χ3n) is 5.73. The van der Waals surface area contributed by atoms with Gasteiger partial charge in [-0.1, -0.05) is 35.9 Å². The van der Waals surface area contributed by atoms with Gasteiger partial charge in [-0.05, 0) is 55.1 Å². The number of hydrogen-bond acceptors (Lipinski definition) is 4. The molecule has 0 saturated carbocycles. The van der Waals surface area contributed by atoms with Crippen molar-refractivity contribution >= 4 is 23.5 Å². The zero-order valence-electron chi connectivity index (χ0n) is 15.5. The van der Waals surface area contributed by atoms with E-state index in [0.717, 1.165) is 37.1 Å². The maximum Gasteiger partial charge on any atom is 0.325 e. The van der Waals surface area contributed by atoms with Crippen LogP contribution in [-0.4, -0.2) is 40.5 Å². The first-order chi connectivity index (χ1) is 13.6. The quantitative estimate of drug-likeness (QED) is 0.759. The number of piperidine rings is 1. The van der Waals surface area contributed by atoms with Crippen LogP contribution in [0.2, 0.25) is 5.02 Å². The lowest BCUT2D eigenvalue weighted by Crippen LogP contribution is -2.57. The van der Waals surface area contributed by atoms with E-state index in [1.807, 2.05) is 30.3 Å². The molecule has 2 N–H and O–H groups in total. The maximum absolute atomic E-state index is 13.6. The van der Waals surface area contributed by atoms with E-state index in [2.05, 4.69) is 15.6 Å². The number of nitrogens with zero attached hydrogens (tertiary/aromatic N) is 2. The molecule has 1 aromatic carbocycles. The molecule has 0 bridgehead atoms. The van der Waals surface area contributed by atoms with Crippen LogP contribution in [0, 0.1) is 5.92 Å². The van der Waals surface area contributed by atoms with Crippen molar-refractivity contribution in [2.24, 2.45) is 5.92 Å². The number of urea groups is 1. The highest BCUT2D eigenvalue weighted by atomic mass is 35.5. The summed E-state index contributed by atoms with van der Waals surface area (Å²) in [5.74, 6) is -0.117. The maximum atomic E-state index is 13.6. The molecule has 28 heavy (non-hydrogen) atoms. The summed E-state index contributed by atoms with van der Waals surface area (Å²) in [5.41, 5.74) is 0.733. The number of carbonyl (C=O) groups is 2. The zero-order valence-corrected chi connectivity index (χ0v) is 16.3. The van der Waals surface area contributed by atoms with Crippen molar-refractivity contribution in [3.8, 4) is 0 Å². The predicted octanol–water partition coefficient (Wildman–Crippen LogP) is 2.77. The van der Waals surface area contributed by atoms with E-state index < -0.39 is 5.54 Å². The Bertz CT molecular complexity index is 870. The van der Waals surface area contributed by atoms with Crippen molar-refractivity contribution in [3.05, 3.63) is 64.9 Å². The fourth-order valence-corrected chi connectivity index (χ4v) is 4.46. The molecule has 1 aromatic heterocycles. The lowest BCUT2D eigenvalue weighted by molar-refractivity contribution is -0.134. The van der Waals surface area contributed by atoms with Crippen LogP contribution < -0.4 is 10.6 Å². The molecule has 0 aliphatic carbocycles. The Morgan fingerprint density at radius 2 is 1.93 bits per heavy atom. The summed E-state index contributed by atoms with van der Waals surface area (Å²) >= 11 is 6.40. The molecule has 3 amide bonds. The number of carbonyl (C=O) groups excluding carboxylic acids is 2. The van der Waals surface area contributed by atoms with E-state index in [1.54, 1.807) is 18.5 Å². The van der Waals surface area contributed by atoms with Crippen molar-refractivity contribution in [3.63, 3.8) is 0 Å². The summed E-state index contributed by atoms with van der Waals surface area (Å²) in [6.45, 7) is 1.88. The van der Waals surface area contributed by atoms with Gasteiger partial charge in [-0.15, -0.1) is 0 Å². The van der Waals surface area contributed by atoms with Gasteiger partial charge >= 0.3 is 6.03 Å². The van der Waals surface area contributed by atoms with Crippen LogP contribution in [0.5, 0.6) is 0 Å². The number of hydrogen-bond donors (Lipinski definition) is 2. The number of nitrogens with one attached hydrogen (secondary N) is 2. The molecular weight excluding hydrogens is 376 g/mol. The largest absolute Gasteiger partial charge is 0.325 e. The first kappa shape index (κ1) is 18.9. The molecule has 0 spiro atoms. The average Bonchev–Trinajstić information content (AvgIpc) is 2.96. The van der Waals surface area contributed by atoms with Gasteiger partial charge in [-0.25, -0.2) is 4.79 Å². The molecule has 2 aliphatic rings. The Morgan fingerprint density at radius 1 is 1.14 bits per heavy atom. The normalized spacial score (nSPS) is 23.1. The van der Waals surface area contributed by atoms with Gasteiger partial charge in [0.25, 0.3) is 5.91 Å². The Kier molecular flexibility index (Phi) is 5.33. The van der Waals surface area contributed by atoms with Gasteiger partial charge in [-0.2, -0.15) is 0 Å². The molecule has 0 unspecified atom stereocenters. The summed E-state index contributed by atoms with van der Waals surface area (Å²) in [4.78, 5) is 31.9. The fraction of sp³-hybridized carbons (Fsp3) is 0.381. The Hall–Kier alpha value is -2.44. The highest BCUT2D eigenvalue weighted by molar-refractivity contribution is 6.31. The van der Waals surface area contributed by atoms with Crippen molar-refractivity contribution < 1.29 is 9.59 Å². The van der Waals surface area contributed by atoms with Gasteiger partial charge in [-0.3, -0.25) is 14.7 Å². The molecule has 146 valence electrons. The van der Waals surface area contributed by atoms with Gasteiger partial charge in [0.05, 0.1) is 6.54 Å². The standard InChI is InChI=1S/C21H23ClN4O2/c22-18-6-2-1-5-16(18)12-21(17-7-10-23-11-8-17)19(27)26(20(28)25-21)14-15-4-3-9-24-13-15/h1-6,9,13,17,23H,7-8,10-12,14H2,(H,25,28)/t21-/m0/s1. The fourth-order valence-electron chi connectivity index (χ4n) is 4.26. The molecule has 4 rings (SSSR count). The zero-order chi connectivity index (χ0) is 19.6. The van der Waals surface area contributed by atoms with Gasteiger partial charge in [0.15, 0.2) is 0 Å². The highest BCUT2D eigenvalue weighted by Crippen LogP contribution is 2.37. The minimum absolute atomic E-state index is 0.0559.